The minimum Gasteiger partial charge on any atom is -0.398 e. The molecule has 0 fully saturated rings. The molecule has 19 heavy (non-hydrogen) atoms. The predicted molar refractivity (Wildman–Crippen MR) is 71.3 cm³/mol. The molecule has 0 aliphatic rings. The second-order valence-corrected chi connectivity index (χ2v) is 7.29. The summed E-state index contributed by atoms with van der Waals surface area (Å²) in [6.45, 7) is 1.65. The fourth-order valence-electron chi connectivity index (χ4n) is 1.30. The van der Waals surface area contributed by atoms with Gasteiger partial charge in [0.25, 0.3) is 0 Å². The Balaban J connectivity index is 2.70. The first kappa shape index (κ1) is 15.8. The van der Waals surface area contributed by atoms with E-state index < -0.39 is 20.0 Å². The van der Waals surface area contributed by atoms with E-state index in [0.29, 0.717) is 0 Å². The Morgan fingerprint density at radius 1 is 1.26 bits per heavy atom. The maximum Gasteiger partial charge on any atom is 0.244 e. The number of rotatable bonds is 7. The molecule has 0 unspecified atom stereocenters. The molecule has 0 atom stereocenters. The van der Waals surface area contributed by atoms with Crippen molar-refractivity contribution in [3.63, 3.8) is 0 Å². The lowest BCUT2D eigenvalue weighted by molar-refractivity contribution is 0.576. The van der Waals surface area contributed by atoms with Crippen molar-refractivity contribution >= 4 is 25.7 Å². The fourth-order valence-corrected chi connectivity index (χ4v) is 3.48. The minimum absolute atomic E-state index is 0.0528. The Morgan fingerprint density at radius 3 is 2.53 bits per heavy atom. The average molecular weight is 308 g/mol. The first-order valence-electron chi connectivity index (χ1n) is 5.45. The van der Waals surface area contributed by atoms with Crippen LogP contribution in [0.3, 0.4) is 0 Å². The van der Waals surface area contributed by atoms with Crippen molar-refractivity contribution in [1.29, 1.82) is 0 Å². The lowest BCUT2D eigenvalue weighted by atomic mass is 10.4. The van der Waals surface area contributed by atoms with Crippen LogP contribution in [-0.2, 0) is 20.0 Å². The van der Waals surface area contributed by atoms with Crippen LogP contribution < -0.4 is 15.2 Å². The quantitative estimate of drug-likeness (QED) is 0.585. The summed E-state index contributed by atoms with van der Waals surface area (Å²) < 4.78 is 50.8. The topological polar surface area (TPSA) is 131 Å². The summed E-state index contributed by atoms with van der Waals surface area (Å²) in [6.07, 6.45) is 2.47. The maximum absolute atomic E-state index is 11.9. The van der Waals surface area contributed by atoms with Gasteiger partial charge in [0, 0.05) is 25.5 Å². The highest BCUT2D eigenvalue weighted by atomic mass is 32.2. The monoisotopic (exact) mass is 308 g/mol. The van der Waals surface area contributed by atoms with Gasteiger partial charge < -0.3 is 5.73 Å². The Kier molecular flexibility index (Phi) is 5.23. The molecule has 10 heteroatoms. The number of nitrogens with zero attached hydrogens (tertiary/aromatic N) is 1. The molecule has 0 aliphatic carbocycles. The van der Waals surface area contributed by atoms with Crippen molar-refractivity contribution in [2.24, 2.45) is 0 Å². The number of anilines is 1. The van der Waals surface area contributed by atoms with Gasteiger partial charge in [-0.1, -0.05) is 6.92 Å². The van der Waals surface area contributed by atoms with Gasteiger partial charge in [-0.05, 0) is 6.07 Å². The van der Waals surface area contributed by atoms with Crippen LogP contribution in [0, 0.1) is 0 Å². The van der Waals surface area contributed by atoms with Gasteiger partial charge in [0.05, 0.1) is 11.4 Å². The highest BCUT2D eigenvalue weighted by molar-refractivity contribution is 7.90. The van der Waals surface area contributed by atoms with Crippen LogP contribution in [0.5, 0.6) is 0 Å². The highest BCUT2D eigenvalue weighted by Crippen LogP contribution is 2.14. The zero-order chi connectivity index (χ0) is 14.5. The van der Waals surface area contributed by atoms with E-state index in [4.69, 9.17) is 5.73 Å². The van der Waals surface area contributed by atoms with Crippen LogP contribution in [0.15, 0.2) is 23.4 Å². The molecule has 0 saturated heterocycles. The van der Waals surface area contributed by atoms with E-state index in [1.807, 2.05) is 0 Å². The average Bonchev–Trinajstić information content (AvgIpc) is 2.28. The number of sulfonamides is 2. The molecule has 0 saturated carbocycles. The van der Waals surface area contributed by atoms with E-state index >= 15 is 0 Å². The molecule has 0 radical (unpaired) electrons. The Labute approximate surface area is 112 Å². The first-order valence-corrected chi connectivity index (χ1v) is 8.58. The molecule has 4 N–H and O–H groups in total. The number of nitrogens with two attached hydrogens (primary N) is 1. The van der Waals surface area contributed by atoms with Crippen molar-refractivity contribution in [2.75, 3.05) is 24.6 Å². The molecule has 8 nitrogen and oxygen atoms in total. The Morgan fingerprint density at radius 2 is 1.95 bits per heavy atom. The molecule has 0 amide bonds. The molecule has 108 valence electrons. The van der Waals surface area contributed by atoms with Gasteiger partial charge in [0.2, 0.25) is 20.0 Å². The zero-order valence-corrected chi connectivity index (χ0v) is 12.0. The largest absolute Gasteiger partial charge is 0.398 e. The zero-order valence-electron chi connectivity index (χ0n) is 10.3. The lowest BCUT2D eigenvalue weighted by Gasteiger charge is -2.08. The summed E-state index contributed by atoms with van der Waals surface area (Å²) >= 11 is 0. The van der Waals surface area contributed by atoms with E-state index in [1.54, 1.807) is 6.92 Å². The number of nitrogen functional groups attached to an aromatic ring is 1. The normalized spacial score (nSPS) is 12.5. The SMILES string of the molecule is CCNS(=O)(=O)CCNS(=O)(=O)c1cnccc1N. The molecule has 0 aromatic carbocycles. The van der Waals surface area contributed by atoms with E-state index in [9.17, 15) is 16.8 Å². The number of aromatic nitrogens is 1. The predicted octanol–water partition coefficient (Wildman–Crippen LogP) is -1.12. The molecule has 0 bridgehead atoms. The minimum atomic E-state index is -3.86. The molecule has 1 aromatic heterocycles. The molecule has 0 aliphatic heterocycles. The Bertz CT molecular complexity index is 627. The summed E-state index contributed by atoms with van der Waals surface area (Å²) in [4.78, 5) is 3.50. The Hall–Kier alpha value is -1.23. The van der Waals surface area contributed by atoms with Crippen LogP contribution >= 0.6 is 0 Å². The van der Waals surface area contributed by atoms with Gasteiger partial charge in [0.1, 0.15) is 4.90 Å². The first-order chi connectivity index (χ1) is 8.78. The van der Waals surface area contributed by atoms with Gasteiger partial charge in [-0.25, -0.2) is 26.3 Å². The smallest absolute Gasteiger partial charge is 0.244 e. The fraction of sp³-hybridized carbons (Fsp3) is 0.444. The number of hydrogen-bond acceptors (Lipinski definition) is 6. The van der Waals surface area contributed by atoms with E-state index in [-0.39, 0.29) is 29.4 Å². The summed E-state index contributed by atoms with van der Waals surface area (Å²) in [5.74, 6) is -0.347. The van der Waals surface area contributed by atoms with Crippen molar-refractivity contribution in [2.45, 2.75) is 11.8 Å². The van der Waals surface area contributed by atoms with Crippen LogP contribution in [0.4, 0.5) is 5.69 Å². The van der Waals surface area contributed by atoms with Gasteiger partial charge in [-0.15, -0.1) is 0 Å². The third-order valence-corrected chi connectivity index (χ3v) is 5.11. The van der Waals surface area contributed by atoms with Gasteiger partial charge >= 0.3 is 0 Å². The molecule has 1 aromatic rings. The van der Waals surface area contributed by atoms with E-state index in [1.165, 1.54) is 12.3 Å². The number of hydrogen-bond donors (Lipinski definition) is 3. The van der Waals surface area contributed by atoms with Gasteiger partial charge in [-0.3, -0.25) is 4.98 Å². The standard InChI is InChI=1S/C9H16N4O4S2/c1-2-12-18(14,15)6-5-13-19(16,17)9-7-11-4-3-8(9)10/h3-4,7,12-13H,2,5-6H2,1H3,(H2,10,11). The summed E-state index contributed by atoms with van der Waals surface area (Å²) in [7, 11) is -7.33. The van der Waals surface area contributed by atoms with Crippen LogP contribution in [0.2, 0.25) is 0 Å². The van der Waals surface area contributed by atoms with Crippen molar-refractivity contribution < 1.29 is 16.8 Å². The second-order valence-electron chi connectivity index (χ2n) is 3.63. The van der Waals surface area contributed by atoms with Gasteiger partial charge in [-0.2, -0.15) is 0 Å². The second kappa shape index (κ2) is 6.28. The molecular formula is C9H16N4O4S2. The molecule has 1 heterocycles. The summed E-state index contributed by atoms with van der Waals surface area (Å²) in [5, 5.41) is 0. The van der Waals surface area contributed by atoms with Crippen molar-refractivity contribution in [1.82, 2.24) is 14.4 Å². The van der Waals surface area contributed by atoms with Crippen LogP contribution in [0.1, 0.15) is 6.92 Å². The molecular weight excluding hydrogens is 292 g/mol. The van der Waals surface area contributed by atoms with Crippen LogP contribution in [-0.4, -0.2) is 40.7 Å². The number of pyridine rings is 1. The van der Waals surface area contributed by atoms with E-state index in [2.05, 4.69) is 14.4 Å². The molecule has 0 spiro atoms. The summed E-state index contributed by atoms with van der Waals surface area (Å²) in [5.41, 5.74) is 5.57. The van der Waals surface area contributed by atoms with Crippen molar-refractivity contribution in [3.8, 4) is 0 Å². The van der Waals surface area contributed by atoms with Crippen LogP contribution in [0.25, 0.3) is 0 Å². The molecule has 1 rings (SSSR count). The maximum atomic E-state index is 11.9. The van der Waals surface area contributed by atoms with Gasteiger partial charge in [0.15, 0.2) is 0 Å². The lowest BCUT2D eigenvalue weighted by Crippen LogP contribution is -2.34. The highest BCUT2D eigenvalue weighted by Gasteiger charge is 2.18. The van der Waals surface area contributed by atoms with Crippen molar-refractivity contribution in [3.05, 3.63) is 18.5 Å². The van der Waals surface area contributed by atoms with E-state index in [0.717, 1.165) is 6.20 Å². The number of nitrogens with one attached hydrogen (secondary N) is 2. The third-order valence-electron chi connectivity index (χ3n) is 2.13. The summed E-state index contributed by atoms with van der Waals surface area (Å²) in [6, 6.07) is 1.35. The third kappa shape index (κ3) is 4.74.